The average Bonchev–Trinajstić information content (AvgIpc) is 3.84. The Kier molecular flexibility index (Phi) is 10.2. The number of aromatic nitrogens is 4. The number of Topliss-reactive ketones (excluding diaryl/α,β-unsaturated/α-hetero) is 1. The van der Waals surface area contributed by atoms with Crippen molar-refractivity contribution in [3.8, 4) is 0 Å². The summed E-state index contributed by atoms with van der Waals surface area (Å²) in [6, 6.07) is 8.35. The molecule has 4 amide bonds. The van der Waals surface area contributed by atoms with Crippen LogP contribution in [0.25, 0.3) is 11.0 Å². The molecule has 0 bridgehead atoms. The third kappa shape index (κ3) is 7.20. The molecule has 7 heterocycles. The van der Waals surface area contributed by atoms with Gasteiger partial charge < -0.3 is 15.1 Å². The normalized spacial score (nSPS) is 21.2. The maximum atomic E-state index is 13.6. The largest absolute Gasteiger partial charge is 0.371 e. The highest BCUT2D eigenvalue weighted by Gasteiger charge is 2.45. The second kappa shape index (κ2) is 15.5. The number of hydrogen-bond donors (Lipinski definition) is 2. The molecule has 0 radical (unpaired) electrons. The molecule has 3 aromatic heterocycles. The molecule has 60 heavy (non-hydrogen) atoms. The van der Waals surface area contributed by atoms with E-state index in [0.717, 1.165) is 101 Å². The summed E-state index contributed by atoms with van der Waals surface area (Å²) in [5.74, 6) is -1.29. The van der Waals surface area contributed by atoms with Crippen LogP contribution in [-0.4, -0.2) is 111 Å². The Morgan fingerprint density at radius 3 is 2.23 bits per heavy atom. The van der Waals surface area contributed by atoms with Gasteiger partial charge >= 0.3 is 0 Å². The number of aryl methyl sites for hydroxylation is 1. The second-order valence-electron chi connectivity index (χ2n) is 17.4. The van der Waals surface area contributed by atoms with Crippen molar-refractivity contribution in [1.82, 2.24) is 34.6 Å². The van der Waals surface area contributed by atoms with Crippen molar-refractivity contribution in [2.45, 2.75) is 84.2 Å². The fourth-order valence-electron chi connectivity index (χ4n) is 9.89. The number of piperidine rings is 2. The molecule has 16 nitrogen and oxygen atoms in total. The molecule has 4 fully saturated rings. The molecule has 0 spiro atoms. The summed E-state index contributed by atoms with van der Waals surface area (Å²) in [6.07, 6.45) is 9.57. The topological polar surface area (TPSA) is 183 Å². The smallest absolute Gasteiger partial charge is 0.263 e. The number of hydrogen-bond acceptors (Lipinski definition) is 13. The number of anilines is 4. The van der Waals surface area contributed by atoms with E-state index in [1.165, 1.54) is 6.92 Å². The number of piperazine rings is 1. The van der Waals surface area contributed by atoms with Crippen LogP contribution in [0.4, 0.5) is 23.1 Å². The van der Waals surface area contributed by atoms with E-state index in [-0.39, 0.29) is 41.2 Å². The van der Waals surface area contributed by atoms with Crippen LogP contribution in [-0.2, 0) is 9.59 Å². The van der Waals surface area contributed by atoms with E-state index in [9.17, 15) is 28.8 Å². The van der Waals surface area contributed by atoms with Crippen molar-refractivity contribution < 1.29 is 24.0 Å². The summed E-state index contributed by atoms with van der Waals surface area (Å²) >= 11 is 0. The summed E-state index contributed by atoms with van der Waals surface area (Å²) in [5, 5.41) is 6.18. The molecule has 3 saturated heterocycles. The zero-order valence-electron chi connectivity index (χ0n) is 34.3. The predicted molar refractivity (Wildman–Crippen MR) is 225 cm³/mol. The molecule has 5 aliphatic rings. The number of carbonyl (C=O) groups excluding carboxylic acids is 5. The summed E-state index contributed by atoms with van der Waals surface area (Å²) in [7, 11) is 0. The van der Waals surface area contributed by atoms with Gasteiger partial charge in [-0.1, -0.05) is 19.8 Å². The summed E-state index contributed by atoms with van der Waals surface area (Å²) in [5.41, 5.74) is 3.74. The van der Waals surface area contributed by atoms with Gasteiger partial charge in [0.15, 0.2) is 5.78 Å². The molecule has 1 aromatic carbocycles. The van der Waals surface area contributed by atoms with Gasteiger partial charge in [0, 0.05) is 75.5 Å². The van der Waals surface area contributed by atoms with Crippen LogP contribution in [0.2, 0.25) is 0 Å². The Hall–Kier alpha value is -6.03. The SMILES string of the molecule is CC(=O)c1c(C)c2cnc(Nc3ccc(N4CCN(CC5(C)CCN(c6ccc7c(c6)C(=O)N(C6CCC(=O)NC6=O)C7=O)CC5)CC4)cn3)nc2n(C2CCCC2)c1=O. The lowest BCUT2D eigenvalue weighted by Crippen LogP contribution is -2.54. The fourth-order valence-corrected chi connectivity index (χ4v) is 9.89. The van der Waals surface area contributed by atoms with Gasteiger partial charge in [-0.2, -0.15) is 4.98 Å². The van der Waals surface area contributed by atoms with Crippen LogP contribution < -0.4 is 26.0 Å². The van der Waals surface area contributed by atoms with Crippen LogP contribution in [0.15, 0.2) is 47.5 Å². The molecule has 1 atom stereocenters. The van der Waals surface area contributed by atoms with E-state index in [0.29, 0.717) is 39.5 Å². The average molecular weight is 815 g/mol. The highest BCUT2D eigenvalue weighted by Crippen LogP contribution is 2.37. The number of nitrogens with zero attached hydrogens (tertiary/aromatic N) is 8. The Bertz CT molecular complexity index is 2480. The Balaban J connectivity index is 0.788. The highest BCUT2D eigenvalue weighted by molar-refractivity contribution is 6.23. The summed E-state index contributed by atoms with van der Waals surface area (Å²) in [4.78, 5) is 99.0. The zero-order chi connectivity index (χ0) is 41.9. The molecule has 312 valence electrons. The molecular formula is C44H50N10O6. The van der Waals surface area contributed by atoms with Crippen molar-refractivity contribution in [2.24, 2.45) is 5.41 Å². The van der Waals surface area contributed by atoms with Crippen LogP contribution >= 0.6 is 0 Å². The molecular weight excluding hydrogens is 765 g/mol. The lowest BCUT2D eigenvalue weighted by molar-refractivity contribution is -0.136. The predicted octanol–water partition coefficient (Wildman–Crippen LogP) is 4.39. The minimum atomic E-state index is -0.978. The third-order valence-electron chi connectivity index (χ3n) is 13.3. The van der Waals surface area contributed by atoms with Gasteiger partial charge in [0.25, 0.3) is 17.4 Å². The Morgan fingerprint density at radius 1 is 0.850 bits per heavy atom. The zero-order valence-corrected chi connectivity index (χ0v) is 34.3. The maximum absolute atomic E-state index is 13.6. The summed E-state index contributed by atoms with van der Waals surface area (Å²) in [6.45, 7) is 11.8. The number of carbonyl (C=O) groups is 5. The molecule has 1 aliphatic carbocycles. The minimum absolute atomic E-state index is 0.00407. The first-order chi connectivity index (χ1) is 28.9. The van der Waals surface area contributed by atoms with Crippen LogP contribution in [0.3, 0.4) is 0 Å². The van der Waals surface area contributed by atoms with E-state index in [1.54, 1.807) is 29.8 Å². The molecule has 1 unspecified atom stereocenters. The quantitative estimate of drug-likeness (QED) is 0.180. The van der Waals surface area contributed by atoms with E-state index >= 15 is 0 Å². The molecule has 16 heteroatoms. The number of fused-ring (bicyclic) bond motifs is 2. The van der Waals surface area contributed by atoms with Crippen molar-refractivity contribution in [1.29, 1.82) is 0 Å². The van der Waals surface area contributed by atoms with E-state index in [4.69, 9.17) is 4.98 Å². The number of ketones is 1. The third-order valence-corrected chi connectivity index (χ3v) is 13.3. The van der Waals surface area contributed by atoms with Gasteiger partial charge in [-0.3, -0.25) is 48.5 Å². The maximum Gasteiger partial charge on any atom is 0.263 e. The first-order valence-electron chi connectivity index (χ1n) is 21.1. The minimum Gasteiger partial charge on any atom is -0.371 e. The fraction of sp³-hybridized carbons (Fsp3) is 0.477. The second-order valence-corrected chi connectivity index (χ2v) is 17.4. The van der Waals surface area contributed by atoms with Crippen LogP contribution in [0.1, 0.15) is 108 Å². The van der Waals surface area contributed by atoms with Crippen LogP contribution in [0, 0.1) is 12.3 Å². The Morgan fingerprint density at radius 2 is 1.55 bits per heavy atom. The summed E-state index contributed by atoms with van der Waals surface area (Å²) < 4.78 is 1.71. The standard InChI is InChI=1S/C44H50N10O6/c1-26-33-24-46-43(49-38(33)53(28-6-4-5-7-28)42(60)37(26)27(2)55)47-35-12-9-30(23-45-35)52-20-18-50(19-21-52)25-44(3)14-16-51(17-15-44)29-8-10-31-32(22-29)41(59)54(40(31)58)34-11-13-36(56)48-39(34)57/h8-10,12,22-24,28,34H,4-7,11,13-21,25H2,1-3H3,(H,48,56,57)(H,45,46,47,49). The number of benzene rings is 1. The van der Waals surface area contributed by atoms with Crippen molar-refractivity contribution in [3.05, 3.63) is 75.3 Å². The number of amides is 4. The first kappa shape index (κ1) is 39.4. The molecule has 4 aromatic rings. The van der Waals surface area contributed by atoms with E-state index in [1.807, 2.05) is 18.3 Å². The van der Waals surface area contributed by atoms with E-state index < -0.39 is 29.7 Å². The van der Waals surface area contributed by atoms with Crippen LogP contribution in [0.5, 0.6) is 0 Å². The lowest BCUT2D eigenvalue weighted by atomic mass is 9.79. The number of imide groups is 2. The van der Waals surface area contributed by atoms with Gasteiger partial charge in [0.2, 0.25) is 17.8 Å². The van der Waals surface area contributed by atoms with Gasteiger partial charge in [-0.05, 0) is 87.3 Å². The molecule has 4 aliphatic heterocycles. The number of nitrogens with one attached hydrogen (secondary N) is 2. The van der Waals surface area contributed by atoms with Crippen molar-refractivity contribution in [3.63, 3.8) is 0 Å². The highest BCUT2D eigenvalue weighted by atomic mass is 16.2. The van der Waals surface area contributed by atoms with Gasteiger partial charge in [-0.25, -0.2) is 9.97 Å². The lowest BCUT2D eigenvalue weighted by Gasteiger charge is -2.45. The molecule has 9 rings (SSSR count). The molecule has 1 saturated carbocycles. The van der Waals surface area contributed by atoms with Gasteiger partial charge in [0.1, 0.15) is 17.5 Å². The van der Waals surface area contributed by atoms with Crippen molar-refractivity contribution in [2.75, 3.05) is 60.9 Å². The molecule has 2 N–H and O–H groups in total. The van der Waals surface area contributed by atoms with E-state index in [2.05, 4.69) is 48.3 Å². The number of rotatable bonds is 9. The first-order valence-corrected chi connectivity index (χ1v) is 21.1. The van der Waals surface area contributed by atoms with Gasteiger partial charge in [-0.15, -0.1) is 0 Å². The van der Waals surface area contributed by atoms with Gasteiger partial charge in [0.05, 0.1) is 28.6 Å². The monoisotopic (exact) mass is 814 g/mol. The van der Waals surface area contributed by atoms with Crippen molar-refractivity contribution >= 4 is 63.6 Å². The Labute approximate surface area is 347 Å². The number of pyridine rings is 2.